The second-order valence-corrected chi connectivity index (χ2v) is 7.21. The molecule has 0 spiro atoms. The fourth-order valence-corrected chi connectivity index (χ4v) is 3.59. The van der Waals surface area contributed by atoms with Crippen molar-refractivity contribution in [1.29, 1.82) is 0 Å². The molecule has 2 rings (SSSR count). The topological polar surface area (TPSA) is 86.3 Å². The Morgan fingerprint density at radius 3 is 2.35 bits per heavy atom. The molecule has 0 saturated heterocycles. The van der Waals surface area contributed by atoms with Crippen LogP contribution < -0.4 is 9.83 Å². The number of nitrogens with one attached hydrogen (secondary N) is 1. The Balaban J connectivity index is 2.36. The molecule has 2 aromatic carbocycles. The number of sulfonamides is 1. The van der Waals surface area contributed by atoms with Crippen molar-refractivity contribution in [2.45, 2.75) is 24.3 Å². The fourth-order valence-electron chi connectivity index (χ4n) is 2.11. The van der Waals surface area contributed by atoms with Crippen LogP contribution in [-0.2, 0) is 14.8 Å². The predicted octanol–water partition coefficient (Wildman–Crippen LogP) is 1.81. The second kappa shape index (κ2) is 7.12. The Bertz CT molecular complexity index is 803. The summed E-state index contributed by atoms with van der Waals surface area (Å²) in [5.74, 6) is -1.37. The summed E-state index contributed by atoms with van der Waals surface area (Å²) in [6.45, 7) is 1.84. The number of aryl methyl sites for hydroxylation is 1. The van der Waals surface area contributed by atoms with Gasteiger partial charge in [-0.1, -0.05) is 47.5 Å². The van der Waals surface area contributed by atoms with Crippen LogP contribution in [0.1, 0.15) is 23.6 Å². The Morgan fingerprint density at radius 2 is 1.78 bits per heavy atom. The average molecular weight is 353 g/mol. The Kier molecular flexibility index (Phi) is 5.41. The highest BCUT2D eigenvalue weighted by Gasteiger charge is 2.23. The van der Waals surface area contributed by atoms with Gasteiger partial charge in [-0.05, 0) is 30.7 Å². The van der Waals surface area contributed by atoms with Gasteiger partial charge in [0.25, 0.3) is 0 Å². The second-order valence-electron chi connectivity index (χ2n) is 5.08. The van der Waals surface area contributed by atoms with Gasteiger partial charge in [0.2, 0.25) is 10.0 Å². The van der Waals surface area contributed by atoms with Crippen molar-refractivity contribution < 1.29 is 18.3 Å². The van der Waals surface area contributed by atoms with Crippen LogP contribution in [0.4, 0.5) is 0 Å². The van der Waals surface area contributed by atoms with Gasteiger partial charge < -0.3 is 9.90 Å². The lowest BCUT2D eigenvalue weighted by Gasteiger charge is -2.21. The van der Waals surface area contributed by atoms with Crippen LogP contribution in [-0.4, -0.2) is 14.4 Å². The summed E-state index contributed by atoms with van der Waals surface area (Å²) < 4.78 is 27.3. The molecule has 0 amide bonds. The largest absolute Gasteiger partial charge is 0.550 e. The SMILES string of the molecule is Cc1ccc(S(=O)(=O)N[C@H](CC(=O)[O-])c2ccccc2Cl)cc1. The molecule has 0 radical (unpaired) electrons. The van der Waals surface area contributed by atoms with E-state index in [-0.39, 0.29) is 9.92 Å². The monoisotopic (exact) mass is 352 g/mol. The van der Waals surface area contributed by atoms with Crippen molar-refractivity contribution in [3.05, 3.63) is 64.7 Å². The number of hydrogen-bond donors (Lipinski definition) is 1. The zero-order valence-electron chi connectivity index (χ0n) is 12.3. The van der Waals surface area contributed by atoms with Crippen LogP contribution in [0.2, 0.25) is 5.02 Å². The van der Waals surface area contributed by atoms with Gasteiger partial charge in [-0.3, -0.25) is 0 Å². The maximum absolute atomic E-state index is 12.5. The van der Waals surface area contributed by atoms with Crippen molar-refractivity contribution in [1.82, 2.24) is 4.72 Å². The lowest BCUT2D eigenvalue weighted by molar-refractivity contribution is -0.306. The number of aliphatic carboxylic acids is 1. The van der Waals surface area contributed by atoms with Crippen LogP contribution in [0, 0.1) is 6.92 Å². The molecule has 0 aliphatic carbocycles. The lowest BCUT2D eigenvalue weighted by atomic mass is 10.1. The molecule has 0 unspecified atom stereocenters. The number of hydrogen-bond acceptors (Lipinski definition) is 4. The molecular formula is C16H15ClNO4S-. The average Bonchev–Trinajstić information content (AvgIpc) is 2.46. The third-order valence-electron chi connectivity index (χ3n) is 3.28. The predicted molar refractivity (Wildman–Crippen MR) is 85.3 cm³/mol. The highest BCUT2D eigenvalue weighted by molar-refractivity contribution is 7.89. The standard InChI is InChI=1S/C16H16ClNO4S/c1-11-6-8-12(9-7-11)23(21,22)18-15(10-16(19)20)13-4-2-3-5-14(13)17/h2-9,15,18H,10H2,1H3,(H,19,20)/p-1/t15-/m1/s1. The first-order chi connectivity index (χ1) is 10.8. The highest BCUT2D eigenvalue weighted by atomic mass is 35.5. The fraction of sp³-hybridized carbons (Fsp3) is 0.188. The van der Waals surface area contributed by atoms with E-state index in [4.69, 9.17) is 11.6 Å². The zero-order valence-corrected chi connectivity index (χ0v) is 13.9. The molecule has 23 heavy (non-hydrogen) atoms. The summed E-state index contributed by atoms with van der Waals surface area (Å²) >= 11 is 6.05. The van der Waals surface area contributed by atoms with E-state index >= 15 is 0 Å². The molecular weight excluding hydrogens is 338 g/mol. The van der Waals surface area contributed by atoms with Crippen molar-refractivity contribution in [3.8, 4) is 0 Å². The van der Waals surface area contributed by atoms with E-state index in [0.29, 0.717) is 5.56 Å². The quantitative estimate of drug-likeness (QED) is 0.859. The smallest absolute Gasteiger partial charge is 0.241 e. The van der Waals surface area contributed by atoms with E-state index in [1.54, 1.807) is 36.4 Å². The molecule has 0 heterocycles. The molecule has 0 aliphatic heterocycles. The van der Waals surface area contributed by atoms with Crippen molar-refractivity contribution >= 4 is 27.6 Å². The van der Waals surface area contributed by atoms with Crippen LogP contribution in [0.5, 0.6) is 0 Å². The van der Waals surface area contributed by atoms with Gasteiger partial charge in [-0.15, -0.1) is 0 Å². The number of rotatable bonds is 6. The number of benzene rings is 2. The number of carbonyl (C=O) groups excluding carboxylic acids is 1. The number of halogens is 1. The highest BCUT2D eigenvalue weighted by Crippen LogP contribution is 2.26. The summed E-state index contributed by atoms with van der Waals surface area (Å²) in [5.41, 5.74) is 1.30. The summed E-state index contributed by atoms with van der Waals surface area (Å²) in [7, 11) is -3.89. The molecule has 0 fully saturated rings. The summed E-state index contributed by atoms with van der Waals surface area (Å²) in [5, 5.41) is 11.3. The molecule has 2 aromatic rings. The third kappa shape index (κ3) is 4.54. The molecule has 0 bridgehead atoms. The van der Waals surface area contributed by atoms with E-state index in [2.05, 4.69) is 4.72 Å². The van der Waals surface area contributed by atoms with E-state index in [1.165, 1.54) is 12.1 Å². The first kappa shape index (κ1) is 17.5. The van der Waals surface area contributed by atoms with E-state index < -0.39 is 28.5 Å². The molecule has 1 N–H and O–H groups in total. The summed E-state index contributed by atoms with van der Waals surface area (Å²) in [6, 6.07) is 11.7. The number of carboxylic acid groups (broad SMARTS) is 1. The molecule has 5 nitrogen and oxygen atoms in total. The summed E-state index contributed by atoms with van der Waals surface area (Å²) in [4.78, 5) is 11.0. The van der Waals surface area contributed by atoms with Crippen molar-refractivity contribution in [2.24, 2.45) is 0 Å². The molecule has 1 atom stereocenters. The molecule has 0 aliphatic rings. The number of carboxylic acids is 1. The Labute approximate surface area is 140 Å². The maximum Gasteiger partial charge on any atom is 0.241 e. The van der Waals surface area contributed by atoms with E-state index in [0.717, 1.165) is 5.56 Å². The maximum atomic E-state index is 12.5. The van der Waals surface area contributed by atoms with Crippen molar-refractivity contribution in [3.63, 3.8) is 0 Å². The van der Waals surface area contributed by atoms with Crippen LogP contribution in [0.25, 0.3) is 0 Å². The molecule has 122 valence electrons. The lowest BCUT2D eigenvalue weighted by Crippen LogP contribution is -2.34. The van der Waals surface area contributed by atoms with E-state index in [1.807, 2.05) is 6.92 Å². The minimum Gasteiger partial charge on any atom is -0.550 e. The Morgan fingerprint density at radius 1 is 1.17 bits per heavy atom. The molecule has 0 saturated carbocycles. The van der Waals surface area contributed by atoms with Gasteiger partial charge in [0, 0.05) is 17.4 Å². The molecule has 7 heteroatoms. The first-order valence-electron chi connectivity index (χ1n) is 6.83. The van der Waals surface area contributed by atoms with Gasteiger partial charge in [0.1, 0.15) is 0 Å². The van der Waals surface area contributed by atoms with Crippen LogP contribution in [0.15, 0.2) is 53.4 Å². The van der Waals surface area contributed by atoms with Gasteiger partial charge in [0.15, 0.2) is 0 Å². The molecule has 0 aromatic heterocycles. The van der Waals surface area contributed by atoms with Gasteiger partial charge in [-0.25, -0.2) is 13.1 Å². The third-order valence-corrected chi connectivity index (χ3v) is 5.11. The summed E-state index contributed by atoms with van der Waals surface area (Å²) in [6.07, 6.45) is -0.519. The number of carbonyl (C=O) groups is 1. The van der Waals surface area contributed by atoms with Crippen LogP contribution in [0.3, 0.4) is 0 Å². The minimum absolute atomic E-state index is 0.0542. The van der Waals surface area contributed by atoms with Gasteiger partial charge in [0.05, 0.1) is 10.9 Å². The normalized spacial score (nSPS) is 12.8. The van der Waals surface area contributed by atoms with E-state index in [9.17, 15) is 18.3 Å². The van der Waals surface area contributed by atoms with Crippen molar-refractivity contribution in [2.75, 3.05) is 0 Å². The van der Waals surface area contributed by atoms with Gasteiger partial charge in [-0.2, -0.15) is 0 Å². The Hall–Kier alpha value is -1.89. The minimum atomic E-state index is -3.89. The van der Waals surface area contributed by atoms with Gasteiger partial charge >= 0.3 is 0 Å². The zero-order chi connectivity index (χ0) is 17.0. The van der Waals surface area contributed by atoms with Crippen LogP contribution >= 0.6 is 11.6 Å². The first-order valence-corrected chi connectivity index (χ1v) is 8.69.